The first-order chi connectivity index (χ1) is 14.1. The number of hydrogen-bond donors (Lipinski definition) is 0. The second-order valence-electron chi connectivity index (χ2n) is 6.29. The molecule has 1 aliphatic rings. The first-order valence-electron chi connectivity index (χ1n) is 8.88. The van der Waals surface area contributed by atoms with Crippen LogP contribution in [0.3, 0.4) is 0 Å². The molecular formula is C24H15FO4. The second-order valence-corrected chi connectivity index (χ2v) is 6.29. The van der Waals surface area contributed by atoms with Gasteiger partial charge in [-0.25, -0.2) is 9.18 Å². The Morgan fingerprint density at radius 1 is 0.966 bits per heavy atom. The third-order valence-corrected chi connectivity index (χ3v) is 4.27. The number of carbonyl (C=O) groups excluding carboxylic acids is 2. The number of benzene rings is 3. The van der Waals surface area contributed by atoms with E-state index < -0.39 is 11.8 Å². The molecule has 0 aromatic heterocycles. The Labute approximate surface area is 166 Å². The highest BCUT2D eigenvalue weighted by Crippen LogP contribution is 2.34. The lowest BCUT2D eigenvalue weighted by molar-refractivity contribution is 0.0734. The average molecular weight is 386 g/mol. The molecular weight excluding hydrogens is 371 g/mol. The molecule has 0 bridgehead atoms. The maximum atomic E-state index is 13.0. The summed E-state index contributed by atoms with van der Waals surface area (Å²) in [5.74, 6) is -0.573. The zero-order valence-corrected chi connectivity index (χ0v) is 15.2. The Morgan fingerprint density at radius 3 is 2.48 bits per heavy atom. The molecule has 0 fully saturated rings. The summed E-state index contributed by atoms with van der Waals surface area (Å²) in [5.41, 5.74) is 1.61. The molecule has 0 aliphatic carbocycles. The highest BCUT2D eigenvalue weighted by atomic mass is 19.1. The summed E-state index contributed by atoms with van der Waals surface area (Å²) in [6.07, 6.45) is 5.20. The molecule has 0 radical (unpaired) electrons. The lowest BCUT2D eigenvalue weighted by Crippen LogP contribution is -2.08. The molecule has 3 aromatic carbocycles. The van der Waals surface area contributed by atoms with Crippen LogP contribution in [0.25, 0.3) is 6.08 Å². The largest absolute Gasteiger partial charge is 0.452 e. The topological polar surface area (TPSA) is 52.6 Å². The zero-order chi connectivity index (χ0) is 20.2. The maximum absolute atomic E-state index is 13.0. The Bertz CT molecular complexity index is 1130. The van der Waals surface area contributed by atoms with Gasteiger partial charge in [0.15, 0.2) is 5.76 Å². The van der Waals surface area contributed by atoms with Gasteiger partial charge in [0.1, 0.15) is 17.3 Å². The quantitative estimate of drug-likeness (QED) is 0.351. The van der Waals surface area contributed by atoms with Crippen LogP contribution in [-0.2, 0) is 0 Å². The maximum Gasteiger partial charge on any atom is 0.343 e. The van der Waals surface area contributed by atoms with Gasteiger partial charge in [-0.15, -0.1) is 0 Å². The molecule has 0 saturated heterocycles. The standard InChI is InChI=1S/C24H15FO4/c25-18-11-9-17(10-12-18)24(27)28-19-13-14-20-22(15-19)29-21(23(20)26)8-4-7-16-5-2-1-3-6-16/h1-15H/b7-4+,21-8+. The summed E-state index contributed by atoms with van der Waals surface area (Å²) in [5, 5.41) is 0. The molecule has 0 atom stereocenters. The van der Waals surface area contributed by atoms with Gasteiger partial charge < -0.3 is 9.47 Å². The number of Topliss-reactive ketones (excluding diaryl/α,β-unsaturated/α-hetero) is 1. The Balaban J connectivity index is 1.48. The lowest BCUT2D eigenvalue weighted by atomic mass is 10.1. The van der Waals surface area contributed by atoms with Crippen molar-refractivity contribution in [2.75, 3.05) is 0 Å². The molecule has 0 saturated carbocycles. The van der Waals surface area contributed by atoms with Gasteiger partial charge in [0.25, 0.3) is 0 Å². The summed E-state index contributed by atoms with van der Waals surface area (Å²) in [6, 6.07) is 19.3. The second kappa shape index (κ2) is 7.94. The average Bonchev–Trinajstić information content (AvgIpc) is 3.04. The number of ketones is 1. The minimum atomic E-state index is -0.629. The number of esters is 1. The van der Waals surface area contributed by atoms with Crippen LogP contribution in [0, 0.1) is 5.82 Å². The fourth-order valence-electron chi connectivity index (χ4n) is 2.81. The molecule has 1 heterocycles. The minimum absolute atomic E-state index is 0.189. The molecule has 5 heteroatoms. The van der Waals surface area contributed by atoms with Crippen molar-refractivity contribution in [3.63, 3.8) is 0 Å². The van der Waals surface area contributed by atoms with Crippen LogP contribution in [0.2, 0.25) is 0 Å². The fourth-order valence-corrected chi connectivity index (χ4v) is 2.81. The number of rotatable bonds is 4. The summed E-state index contributed by atoms with van der Waals surface area (Å²) in [6.45, 7) is 0. The minimum Gasteiger partial charge on any atom is -0.452 e. The van der Waals surface area contributed by atoms with Crippen LogP contribution in [0.5, 0.6) is 11.5 Å². The zero-order valence-electron chi connectivity index (χ0n) is 15.2. The Hall–Kier alpha value is -3.99. The van der Waals surface area contributed by atoms with Crippen LogP contribution in [0.4, 0.5) is 4.39 Å². The molecule has 142 valence electrons. The van der Waals surface area contributed by atoms with Crippen LogP contribution in [-0.4, -0.2) is 11.8 Å². The highest BCUT2D eigenvalue weighted by Gasteiger charge is 2.27. The van der Waals surface area contributed by atoms with E-state index in [2.05, 4.69) is 0 Å². The van der Waals surface area contributed by atoms with Gasteiger partial charge in [0, 0.05) is 6.07 Å². The van der Waals surface area contributed by atoms with Crippen molar-refractivity contribution in [2.24, 2.45) is 0 Å². The molecule has 0 amide bonds. The smallest absolute Gasteiger partial charge is 0.343 e. The van der Waals surface area contributed by atoms with Crippen molar-refractivity contribution >= 4 is 17.8 Å². The number of carbonyl (C=O) groups is 2. The van der Waals surface area contributed by atoms with Crippen molar-refractivity contribution < 1.29 is 23.5 Å². The predicted octanol–water partition coefficient (Wildman–Crippen LogP) is 5.22. The molecule has 3 aromatic rings. The van der Waals surface area contributed by atoms with Gasteiger partial charge in [0.2, 0.25) is 5.78 Å². The number of allylic oxidation sites excluding steroid dienone is 3. The third kappa shape index (κ3) is 4.14. The first-order valence-corrected chi connectivity index (χ1v) is 8.88. The normalized spacial score (nSPS) is 14.1. The number of fused-ring (bicyclic) bond motifs is 1. The molecule has 0 unspecified atom stereocenters. The Morgan fingerprint density at radius 2 is 1.72 bits per heavy atom. The number of ether oxygens (including phenoxy) is 2. The van der Waals surface area contributed by atoms with E-state index in [4.69, 9.17) is 9.47 Å². The molecule has 1 aliphatic heterocycles. The molecule has 4 rings (SSSR count). The van der Waals surface area contributed by atoms with Gasteiger partial charge in [0.05, 0.1) is 11.1 Å². The number of hydrogen-bond acceptors (Lipinski definition) is 4. The number of halogens is 1. The van der Waals surface area contributed by atoms with Crippen molar-refractivity contribution in [1.82, 2.24) is 0 Å². The van der Waals surface area contributed by atoms with Crippen LogP contribution in [0.1, 0.15) is 26.3 Å². The lowest BCUT2D eigenvalue weighted by Gasteiger charge is -2.05. The molecule has 0 N–H and O–H groups in total. The van der Waals surface area contributed by atoms with Gasteiger partial charge >= 0.3 is 5.97 Å². The van der Waals surface area contributed by atoms with Crippen LogP contribution in [0.15, 0.2) is 90.7 Å². The third-order valence-electron chi connectivity index (χ3n) is 4.27. The summed E-state index contributed by atoms with van der Waals surface area (Å²) >= 11 is 0. The van der Waals surface area contributed by atoms with Crippen molar-refractivity contribution in [2.45, 2.75) is 0 Å². The van der Waals surface area contributed by atoms with E-state index in [0.29, 0.717) is 11.3 Å². The van der Waals surface area contributed by atoms with Gasteiger partial charge in [-0.2, -0.15) is 0 Å². The molecule has 29 heavy (non-hydrogen) atoms. The highest BCUT2D eigenvalue weighted by molar-refractivity contribution is 6.12. The van der Waals surface area contributed by atoms with Crippen LogP contribution < -0.4 is 9.47 Å². The fraction of sp³-hybridized carbons (Fsp3) is 0. The summed E-state index contributed by atoms with van der Waals surface area (Å²) in [7, 11) is 0. The predicted molar refractivity (Wildman–Crippen MR) is 106 cm³/mol. The van der Waals surface area contributed by atoms with E-state index in [0.717, 1.165) is 5.56 Å². The van der Waals surface area contributed by atoms with Crippen molar-refractivity contribution in [1.29, 1.82) is 0 Å². The van der Waals surface area contributed by atoms with Gasteiger partial charge in [-0.3, -0.25) is 4.79 Å². The van der Waals surface area contributed by atoms with Crippen molar-refractivity contribution in [3.05, 3.63) is 113 Å². The monoisotopic (exact) mass is 386 g/mol. The van der Waals surface area contributed by atoms with Gasteiger partial charge in [-0.1, -0.05) is 42.5 Å². The Kier molecular flexibility index (Phi) is 5.03. The van der Waals surface area contributed by atoms with Gasteiger partial charge in [-0.05, 0) is 48.0 Å². The van der Waals surface area contributed by atoms with E-state index in [-0.39, 0.29) is 22.9 Å². The van der Waals surface area contributed by atoms with E-state index >= 15 is 0 Å². The molecule has 0 spiro atoms. The molecule has 4 nitrogen and oxygen atoms in total. The van der Waals surface area contributed by atoms with E-state index in [1.807, 2.05) is 36.4 Å². The van der Waals surface area contributed by atoms with E-state index in [9.17, 15) is 14.0 Å². The first kappa shape index (κ1) is 18.4. The summed E-state index contributed by atoms with van der Waals surface area (Å²) in [4.78, 5) is 24.6. The van der Waals surface area contributed by atoms with Crippen molar-refractivity contribution in [3.8, 4) is 11.5 Å². The summed E-state index contributed by atoms with van der Waals surface area (Å²) < 4.78 is 23.9. The van der Waals surface area contributed by atoms with Crippen LogP contribution >= 0.6 is 0 Å². The van der Waals surface area contributed by atoms with E-state index in [1.165, 1.54) is 36.4 Å². The SMILES string of the molecule is O=C(Oc1ccc2c(c1)O/C(=C/C=C/c1ccccc1)C2=O)c1ccc(F)cc1. The van der Waals surface area contributed by atoms with E-state index in [1.54, 1.807) is 18.2 Å².